The van der Waals surface area contributed by atoms with Crippen molar-refractivity contribution < 1.29 is 0 Å². The molecule has 1 unspecified atom stereocenters. The normalized spacial score (nSPS) is 20.7. The molecule has 2 heteroatoms. The molecule has 1 N–H and O–H groups in total. The molecule has 1 aliphatic rings. The van der Waals surface area contributed by atoms with Crippen LogP contribution in [0.1, 0.15) is 33.1 Å². The first-order valence-electron chi connectivity index (χ1n) is 4.12. The van der Waals surface area contributed by atoms with E-state index < -0.39 is 0 Å². The van der Waals surface area contributed by atoms with Gasteiger partial charge in [-0.1, -0.05) is 6.42 Å². The fourth-order valence-corrected chi connectivity index (χ4v) is 2.06. The molecule has 1 rings (SSSR count). The second kappa shape index (κ2) is 3.19. The van der Waals surface area contributed by atoms with Crippen LogP contribution in [0.5, 0.6) is 0 Å². The van der Waals surface area contributed by atoms with Crippen molar-refractivity contribution in [1.29, 1.82) is 0 Å². The van der Waals surface area contributed by atoms with Crippen LogP contribution in [-0.4, -0.2) is 11.8 Å². The predicted octanol–water partition coefficient (Wildman–Crippen LogP) is 1.99. The summed E-state index contributed by atoms with van der Waals surface area (Å²) in [7, 11) is 2.72. The van der Waals surface area contributed by atoms with Gasteiger partial charge in [0, 0.05) is 11.8 Å². The summed E-state index contributed by atoms with van der Waals surface area (Å²) >= 11 is 0. The quantitative estimate of drug-likeness (QED) is 0.621. The van der Waals surface area contributed by atoms with E-state index in [0.29, 0.717) is 5.54 Å². The van der Waals surface area contributed by atoms with Gasteiger partial charge in [0.2, 0.25) is 0 Å². The number of rotatable bonds is 3. The van der Waals surface area contributed by atoms with Gasteiger partial charge in [-0.25, -0.2) is 0 Å². The highest BCUT2D eigenvalue weighted by Crippen LogP contribution is 2.35. The van der Waals surface area contributed by atoms with E-state index in [0.717, 1.165) is 12.2 Å². The minimum atomic E-state index is 0.375. The largest absolute Gasteiger partial charge is 0.308 e. The standard InChI is InChI=1S/C8H18NP/c1-8(2,9-6-10)7-4-3-5-7/h7,9H,3-6,10H2,1-2H3. The molecule has 0 heterocycles. The van der Waals surface area contributed by atoms with Crippen molar-refractivity contribution in [2.45, 2.75) is 38.6 Å². The first-order chi connectivity index (χ1) is 4.67. The van der Waals surface area contributed by atoms with Crippen molar-refractivity contribution in [2.24, 2.45) is 5.92 Å². The van der Waals surface area contributed by atoms with Gasteiger partial charge >= 0.3 is 0 Å². The summed E-state index contributed by atoms with van der Waals surface area (Å²) in [6.07, 6.45) is 5.30. The number of hydrogen-bond donors (Lipinski definition) is 1. The van der Waals surface area contributed by atoms with Gasteiger partial charge in [-0.05, 0) is 32.6 Å². The molecule has 1 aliphatic carbocycles. The highest BCUT2D eigenvalue weighted by atomic mass is 31.0. The minimum Gasteiger partial charge on any atom is -0.308 e. The van der Waals surface area contributed by atoms with Gasteiger partial charge in [0.1, 0.15) is 0 Å². The van der Waals surface area contributed by atoms with E-state index in [2.05, 4.69) is 28.4 Å². The third-order valence-electron chi connectivity index (χ3n) is 2.68. The van der Waals surface area contributed by atoms with Crippen molar-refractivity contribution in [3.05, 3.63) is 0 Å². The molecule has 0 aromatic heterocycles. The molecular weight excluding hydrogens is 141 g/mol. The molecule has 0 aliphatic heterocycles. The van der Waals surface area contributed by atoms with Gasteiger partial charge in [-0.3, -0.25) is 0 Å². The zero-order chi connectivity index (χ0) is 7.61. The Kier molecular flexibility index (Phi) is 2.71. The van der Waals surface area contributed by atoms with Crippen molar-refractivity contribution in [2.75, 3.05) is 6.29 Å². The molecule has 1 atom stereocenters. The Hall–Kier alpha value is 0.390. The molecule has 0 radical (unpaired) electrons. The summed E-state index contributed by atoms with van der Waals surface area (Å²) in [5.41, 5.74) is 0.375. The van der Waals surface area contributed by atoms with Crippen molar-refractivity contribution in [3.63, 3.8) is 0 Å². The van der Waals surface area contributed by atoms with E-state index >= 15 is 0 Å². The lowest BCUT2D eigenvalue weighted by atomic mass is 9.73. The van der Waals surface area contributed by atoms with Crippen LogP contribution in [0.2, 0.25) is 0 Å². The SMILES string of the molecule is CC(C)(NCP)C1CCC1. The summed E-state index contributed by atoms with van der Waals surface area (Å²) in [4.78, 5) is 0. The van der Waals surface area contributed by atoms with Gasteiger partial charge in [-0.2, -0.15) is 0 Å². The van der Waals surface area contributed by atoms with Crippen LogP contribution in [0.3, 0.4) is 0 Å². The topological polar surface area (TPSA) is 12.0 Å². The van der Waals surface area contributed by atoms with Crippen LogP contribution >= 0.6 is 9.24 Å². The molecule has 60 valence electrons. The Bertz CT molecular complexity index is 108. The third kappa shape index (κ3) is 1.71. The van der Waals surface area contributed by atoms with Gasteiger partial charge < -0.3 is 5.32 Å². The monoisotopic (exact) mass is 159 g/mol. The Balaban J connectivity index is 2.33. The zero-order valence-corrected chi connectivity index (χ0v) is 8.14. The van der Waals surface area contributed by atoms with Crippen LogP contribution in [-0.2, 0) is 0 Å². The minimum absolute atomic E-state index is 0.375. The summed E-state index contributed by atoms with van der Waals surface area (Å²) in [5, 5.41) is 3.49. The first kappa shape index (κ1) is 8.49. The van der Waals surface area contributed by atoms with Crippen molar-refractivity contribution in [1.82, 2.24) is 5.32 Å². The first-order valence-corrected chi connectivity index (χ1v) is 4.93. The van der Waals surface area contributed by atoms with E-state index in [1.807, 2.05) is 0 Å². The zero-order valence-electron chi connectivity index (χ0n) is 6.98. The molecule has 0 aromatic carbocycles. The van der Waals surface area contributed by atoms with Crippen LogP contribution in [0.25, 0.3) is 0 Å². The lowest BCUT2D eigenvalue weighted by Crippen LogP contribution is -2.48. The van der Waals surface area contributed by atoms with Crippen LogP contribution in [0, 0.1) is 5.92 Å². The molecule has 0 spiro atoms. The second-order valence-electron chi connectivity index (χ2n) is 3.73. The molecule has 1 nitrogen and oxygen atoms in total. The number of hydrogen-bond acceptors (Lipinski definition) is 1. The van der Waals surface area contributed by atoms with Crippen LogP contribution < -0.4 is 5.32 Å². The van der Waals surface area contributed by atoms with E-state index in [1.165, 1.54) is 19.3 Å². The fraction of sp³-hybridized carbons (Fsp3) is 1.00. The molecule has 0 saturated heterocycles. The maximum Gasteiger partial charge on any atom is 0.0156 e. The third-order valence-corrected chi connectivity index (χ3v) is 2.89. The Morgan fingerprint density at radius 3 is 2.40 bits per heavy atom. The molecule has 1 saturated carbocycles. The molecule has 0 amide bonds. The van der Waals surface area contributed by atoms with Gasteiger partial charge in [0.25, 0.3) is 0 Å². The van der Waals surface area contributed by atoms with E-state index in [4.69, 9.17) is 0 Å². The van der Waals surface area contributed by atoms with Crippen LogP contribution in [0.4, 0.5) is 0 Å². The van der Waals surface area contributed by atoms with Gasteiger partial charge in [0.05, 0.1) is 0 Å². The average molecular weight is 159 g/mol. The molecule has 0 aromatic rings. The van der Waals surface area contributed by atoms with E-state index in [1.54, 1.807) is 0 Å². The van der Waals surface area contributed by atoms with Crippen molar-refractivity contribution in [3.8, 4) is 0 Å². The second-order valence-corrected chi connectivity index (χ2v) is 4.14. The fourth-order valence-electron chi connectivity index (χ4n) is 1.54. The maximum absolute atomic E-state index is 3.49. The lowest BCUT2D eigenvalue weighted by molar-refractivity contribution is 0.166. The van der Waals surface area contributed by atoms with Gasteiger partial charge in [-0.15, -0.1) is 9.24 Å². The van der Waals surface area contributed by atoms with E-state index in [-0.39, 0.29) is 0 Å². The Labute approximate surface area is 66.2 Å². The van der Waals surface area contributed by atoms with Gasteiger partial charge in [0.15, 0.2) is 0 Å². The van der Waals surface area contributed by atoms with Crippen molar-refractivity contribution >= 4 is 9.24 Å². The average Bonchev–Trinajstić information content (AvgIpc) is 1.56. The molecule has 0 bridgehead atoms. The predicted molar refractivity (Wildman–Crippen MR) is 49.1 cm³/mol. The summed E-state index contributed by atoms with van der Waals surface area (Å²) in [6.45, 7) is 4.61. The molecular formula is C8H18NP. The molecule has 10 heavy (non-hydrogen) atoms. The molecule has 1 fully saturated rings. The summed E-state index contributed by atoms with van der Waals surface area (Å²) in [6, 6.07) is 0. The Morgan fingerprint density at radius 2 is 2.10 bits per heavy atom. The maximum atomic E-state index is 3.49. The highest BCUT2D eigenvalue weighted by molar-refractivity contribution is 7.16. The lowest BCUT2D eigenvalue weighted by Gasteiger charge is -2.40. The number of nitrogens with one attached hydrogen (secondary N) is 1. The summed E-state index contributed by atoms with van der Waals surface area (Å²) < 4.78 is 0. The smallest absolute Gasteiger partial charge is 0.0156 e. The summed E-state index contributed by atoms with van der Waals surface area (Å²) in [5.74, 6) is 0.924. The Morgan fingerprint density at radius 1 is 1.50 bits per heavy atom. The highest BCUT2D eigenvalue weighted by Gasteiger charge is 2.32. The van der Waals surface area contributed by atoms with E-state index in [9.17, 15) is 0 Å². The van der Waals surface area contributed by atoms with Crippen LogP contribution in [0.15, 0.2) is 0 Å².